The van der Waals surface area contributed by atoms with Crippen LogP contribution in [0.15, 0.2) is 23.1 Å². The molecule has 0 amide bonds. The topological polar surface area (TPSA) is 57.5 Å². The van der Waals surface area contributed by atoms with Gasteiger partial charge >= 0.3 is 5.97 Å². The molecule has 0 saturated carbocycles. The lowest BCUT2D eigenvalue weighted by atomic mass is 10.2. The first kappa shape index (κ1) is 13.3. The monoisotopic (exact) mass is 239 g/mol. The Hall–Kier alpha value is -1.78. The summed E-state index contributed by atoms with van der Waals surface area (Å²) in [7, 11) is 1.41. The van der Waals surface area contributed by atoms with Crippen LogP contribution in [-0.2, 0) is 16.1 Å². The molecule has 17 heavy (non-hydrogen) atoms. The van der Waals surface area contributed by atoms with Crippen molar-refractivity contribution < 1.29 is 14.3 Å². The van der Waals surface area contributed by atoms with Gasteiger partial charge in [0.1, 0.15) is 6.54 Å². The van der Waals surface area contributed by atoms with Gasteiger partial charge in [0.05, 0.1) is 13.7 Å². The van der Waals surface area contributed by atoms with E-state index in [1.807, 2.05) is 13.8 Å². The summed E-state index contributed by atoms with van der Waals surface area (Å²) in [5, 5.41) is 0. The lowest BCUT2D eigenvalue weighted by molar-refractivity contribution is -0.145. The van der Waals surface area contributed by atoms with Crippen LogP contribution in [-0.4, -0.2) is 24.3 Å². The third-order valence-electron chi connectivity index (χ3n) is 2.08. The van der Waals surface area contributed by atoms with Gasteiger partial charge < -0.3 is 14.0 Å². The van der Waals surface area contributed by atoms with Crippen molar-refractivity contribution in [3.63, 3.8) is 0 Å². The minimum atomic E-state index is -0.422. The first-order chi connectivity index (χ1) is 8.04. The Morgan fingerprint density at radius 3 is 2.76 bits per heavy atom. The molecule has 0 saturated heterocycles. The molecule has 1 aromatic rings. The zero-order valence-electron chi connectivity index (χ0n) is 10.3. The molecule has 94 valence electrons. The Morgan fingerprint density at radius 1 is 1.47 bits per heavy atom. The smallest absolute Gasteiger partial charge is 0.326 e. The molecule has 0 spiro atoms. The van der Waals surface area contributed by atoms with Crippen LogP contribution >= 0.6 is 0 Å². The SMILES string of the molecule is COc1cccn(CC(=O)OCC(C)C)c1=O. The summed E-state index contributed by atoms with van der Waals surface area (Å²) in [4.78, 5) is 23.1. The number of rotatable bonds is 5. The first-order valence-electron chi connectivity index (χ1n) is 5.43. The van der Waals surface area contributed by atoms with Gasteiger partial charge in [0.2, 0.25) is 0 Å². The van der Waals surface area contributed by atoms with Crippen LogP contribution in [0.2, 0.25) is 0 Å². The highest BCUT2D eigenvalue weighted by Gasteiger charge is 2.09. The van der Waals surface area contributed by atoms with E-state index in [9.17, 15) is 9.59 Å². The number of hydrogen-bond donors (Lipinski definition) is 0. The van der Waals surface area contributed by atoms with Crippen molar-refractivity contribution in [2.75, 3.05) is 13.7 Å². The number of aromatic nitrogens is 1. The maximum absolute atomic E-state index is 11.7. The number of methoxy groups -OCH3 is 1. The van der Waals surface area contributed by atoms with E-state index in [-0.39, 0.29) is 23.8 Å². The zero-order chi connectivity index (χ0) is 12.8. The van der Waals surface area contributed by atoms with Crippen molar-refractivity contribution in [2.24, 2.45) is 5.92 Å². The first-order valence-corrected chi connectivity index (χ1v) is 5.43. The fraction of sp³-hybridized carbons (Fsp3) is 0.500. The van der Waals surface area contributed by atoms with E-state index in [0.29, 0.717) is 6.61 Å². The molecule has 0 aliphatic carbocycles. The highest BCUT2D eigenvalue weighted by atomic mass is 16.5. The number of carbonyl (C=O) groups excluding carboxylic acids is 1. The Labute approximate surface area is 100.0 Å². The molecular weight excluding hydrogens is 222 g/mol. The molecule has 5 nitrogen and oxygen atoms in total. The lowest BCUT2D eigenvalue weighted by Crippen LogP contribution is -2.26. The van der Waals surface area contributed by atoms with Gasteiger partial charge in [0.25, 0.3) is 5.56 Å². The fourth-order valence-corrected chi connectivity index (χ4v) is 1.24. The minimum absolute atomic E-state index is 0.0945. The second-order valence-corrected chi connectivity index (χ2v) is 4.09. The number of hydrogen-bond acceptors (Lipinski definition) is 4. The molecule has 0 atom stereocenters. The van der Waals surface area contributed by atoms with Crippen molar-refractivity contribution in [1.29, 1.82) is 0 Å². The largest absolute Gasteiger partial charge is 0.491 e. The van der Waals surface area contributed by atoms with Gasteiger partial charge in [0.15, 0.2) is 5.75 Å². The molecule has 5 heteroatoms. The number of carbonyl (C=O) groups is 1. The molecule has 0 aliphatic heterocycles. The maximum atomic E-state index is 11.7. The number of pyridine rings is 1. The molecule has 0 fully saturated rings. The van der Waals surface area contributed by atoms with E-state index in [4.69, 9.17) is 9.47 Å². The highest BCUT2D eigenvalue weighted by molar-refractivity contribution is 5.69. The lowest BCUT2D eigenvalue weighted by Gasteiger charge is -2.09. The Balaban J connectivity index is 2.69. The molecule has 0 unspecified atom stereocenters. The molecule has 1 rings (SSSR count). The number of ether oxygens (including phenoxy) is 2. The third-order valence-corrected chi connectivity index (χ3v) is 2.08. The summed E-state index contributed by atoms with van der Waals surface area (Å²) in [6.45, 7) is 4.16. The average Bonchev–Trinajstić information content (AvgIpc) is 2.29. The van der Waals surface area contributed by atoms with Crippen molar-refractivity contribution in [2.45, 2.75) is 20.4 Å². The summed E-state index contributed by atoms with van der Waals surface area (Å²) in [5.41, 5.74) is -0.337. The van der Waals surface area contributed by atoms with E-state index in [1.54, 1.807) is 12.1 Å². The Kier molecular flexibility index (Phi) is 4.75. The molecule has 1 heterocycles. The molecule has 1 aromatic heterocycles. The van der Waals surface area contributed by atoms with Gasteiger partial charge in [-0.3, -0.25) is 9.59 Å². The maximum Gasteiger partial charge on any atom is 0.326 e. The standard InChI is InChI=1S/C12H17NO4/c1-9(2)8-17-11(14)7-13-6-4-5-10(16-3)12(13)15/h4-6,9H,7-8H2,1-3H3. The van der Waals surface area contributed by atoms with Crippen LogP contribution in [0.25, 0.3) is 0 Å². The van der Waals surface area contributed by atoms with Gasteiger partial charge in [-0.2, -0.15) is 0 Å². The van der Waals surface area contributed by atoms with Crippen molar-refractivity contribution in [1.82, 2.24) is 4.57 Å². The van der Waals surface area contributed by atoms with Gasteiger partial charge in [-0.05, 0) is 18.1 Å². The van der Waals surface area contributed by atoms with Crippen LogP contribution in [0.3, 0.4) is 0 Å². The van der Waals surface area contributed by atoms with Crippen LogP contribution in [0, 0.1) is 5.92 Å². The van der Waals surface area contributed by atoms with Gasteiger partial charge in [-0.15, -0.1) is 0 Å². The summed E-state index contributed by atoms with van der Waals surface area (Å²) in [5.74, 6) is 0.0687. The van der Waals surface area contributed by atoms with Gasteiger partial charge in [-0.25, -0.2) is 0 Å². The second kappa shape index (κ2) is 6.08. The summed E-state index contributed by atoms with van der Waals surface area (Å²) < 4.78 is 11.1. The Morgan fingerprint density at radius 2 is 2.18 bits per heavy atom. The second-order valence-electron chi connectivity index (χ2n) is 4.09. The highest BCUT2D eigenvalue weighted by Crippen LogP contribution is 2.01. The van der Waals surface area contributed by atoms with Crippen LogP contribution in [0.1, 0.15) is 13.8 Å². The normalized spacial score (nSPS) is 10.4. The summed E-state index contributed by atoms with van der Waals surface area (Å²) >= 11 is 0. The van der Waals surface area contributed by atoms with Crippen LogP contribution < -0.4 is 10.3 Å². The fourth-order valence-electron chi connectivity index (χ4n) is 1.24. The van der Waals surface area contributed by atoms with Crippen molar-refractivity contribution in [3.8, 4) is 5.75 Å². The summed E-state index contributed by atoms with van der Waals surface area (Å²) in [6.07, 6.45) is 1.53. The van der Waals surface area contributed by atoms with Crippen molar-refractivity contribution in [3.05, 3.63) is 28.7 Å². The van der Waals surface area contributed by atoms with Crippen LogP contribution in [0.4, 0.5) is 0 Å². The molecule has 0 bridgehead atoms. The molecule has 0 N–H and O–H groups in total. The van der Waals surface area contributed by atoms with E-state index in [0.717, 1.165) is 0 Å². The molecular formula is C12H17NO4. The van der Waals surface area contributed by atoms with Crippen molar-refractivity contribution >= 4 is 5.97 Å². The van der Waals surface area contributed by atoms with E-state index in [1.165, 1.54) is 17.9 Å². The van der Waals surface area contributed by atoms with Gasteiger partial charge in [0, 0.05) is 6.20 Å². The third kappa shape index (κ3) is 3.94. The van der Waals surface area contributed by atoms with E-state index < -0.39 is 5.97 Å². The van der Waals surface area contributed by atoms with E-state index in [2.05, 4.69) is 0 Å². The zero-order valence-corrected chi connectivity index (χ0v) is 10.3. The predicted molar refractivity (Wildman–Crippen MR) is 63.1 cm³/mol. The predicted octanol–water partition coefficient (Wildman–Crippen LogP) is 1.06. The quantitative estimate of drug-likeness (QED) is 0.721. The minimum Gasteiger partial charge on any atom is -0.491 e. The van der Waals surface area contributed by atoms with Gasteiger partial charge in [-0.1, -0.05) is 13.8 Å². The number of nitrogens with zero attached hydrogens (tertiary/aromatic N) is 1. The van der Waals surface area contributed by atoms with E-state index >= 15 is 0 Å². The summed E-state index contributed by atoms with van der Waals surface area (Å²) in [6, 6.07) is 3.20. The average molecular weight is 239 g/mol. The van der Waals surface area contributed by atoms with Crippen LogP contribution in [0.5, 0.6) is 5.75 Å². The molecule has 0 aromatic carbocycles. The Bertz CT molecular complexity index is 436. The molecule has 0 aliphatic rings. The molecule has 0 radical (unpaired) electrons. The number of esters is 1.